The fraction of sp³-hybridized carbons (Fsp3) is 0.571. The van der Waals surface area contributed by atoms with Gasteiger partial charge in [0.2, 0.25) is 0 Å². The summed E-state index contributed by atoms with van der Waals surface area (Å²) in [6.07, 6.45) is 1.16. The van der Waals surface area contributed by atoms with Crippen LogP contribution in [-0.2, 0) is 0 Å². The molecule has 1 aromatic rings. The van der Waals surface area contributed by atoms with E-state index in [2.05, 4.69) is 54.9 Å². The largest absolute Gasteiger partial charge is 0.496 e. The Bertz CT molecular complexity index is 330. The first-order valence-corrected chi connectivity index (χ1v) is 6.99. The second-order valence-electron chi connectivity index (χ2n) is 4.42. The highest BCUT2D eigenvalue weighted by Gasteiger charge is 2.13. The van der Waals surface area contributed by atoms with Gasteiger partial charge in [-0.3, -0.25) is 0 Å². The molecule has 16 heavy (non-hydrogen) atoms. The number of hydrogen-bond acceptors (Lipinski definition) is 1. The molecule has 0 N–H and O–H groups in total. The first kappa shape index (κ1) is 13.6. The van der Waals surface area contributed by atoms with E-state index in [1.165, 1.54) is 11.1 Å². The molecule has 0 radical (unpaired) electrons. The van der Waals surface area contributed by atoms with Crippen molar-refractivity contribution in [1.29, 1.82) is 0 Å². The quantitative estimate of drug-likeness (QED) is 0.712. The van der Waals surface area contributed by atoms with Crippen molar-refractivity contribution in [3.8, 4) is 5.75 Å². The average Bonchev–Trinajstić information content (AvgIpc) is 2.30. The summed E-state index contributed by atoms with van der Waals surface area (Å²) >= 11 is 3.58. The number of rotatable bonds is 5. The summed E-state index contributed by atoms with van der Waals surface area (Å²) < 4.78 is 5.40. The standard InChI is InChI=1S/C14H21BrO/c1-5-11(9-15)12-6-7-14(16-4)13(8-12)10(2)3/h6-8,10-11H,5,9H2,1-4H3. The smallest absolute Gasteiger partial charge is 0.122 e. The van der Waals surface area contributed by atoms with Gasteiger partial charge in [0.05, 0.1) is 7.11 Å². The zero-order chi connectivity index (χ0) is 12.1. The van der Waals surface area contributed by atoms with Gasteiger partial charge in [-0.05, 0) is 35.4 Å². The monoisotopic (exact) mass is 284 g/mol. The van der Waals surface area contributed by atoms with E-state index in [0.29, 0.717) is 11.8 Å². The summed E-state index contributed by atoms with van der Waals surface area (Å²) in [5, 5.41) is 1.02. The predicted octanol–water partition coefficient (Wildman–Crippen LogP) is 4.71. The number of methoxy groups -OCH3 is 1. The van der Waals surface area contributed by atoms with E-state index in [9.17, 15) is 0 Å². The van der Waals surface area contributed by atoms with Crippen molar-refractivity contribution < 1.29 is 4.74 Å². The van der Waals surface area contributed by atoms with Crippen LogP contribution in [0.1, 0.15) is 50.2 Å². The van der Waals surface area contributed by atoms with Crippen LogP contribution in [0.3, 0.4) is 0 Å². The van der Waals surface area contributed by atoms with Gasteiger partial charge >= 0.3 is 0 Å². The number of benzene rings is 1. The van der Waals surface area contributed by atoms with E-state index in [0.717, 1.165) is 17.5 Å². The minimum absolute atomic E-state index is 0.503. The summed E-state index contributed by atoms with van der Waals surface area (Å²) in [7, 11) is 1.74. The highest BCUT2D eigenvalue weighted by Crippen LogP contribution is 2.31. The van der Waals surface area contributed by atoms with Gasteiger partial charge in [0.25, 0.3) is 0 Å². The van der Waals surface area contributed by atoms with E-state index >= 15 is 0 Å². The van der Waals surface area contributed by atoms with Gasteiger partial charge < -0.3 is 4.74 Å². The fourth-order valence-corrected chi connectivity index (χ4v) is 2.72. The van der Waals surface area contributed by atoms with Crippen molar-refractivity contribution in [3.63, 3.8) is 0 Å². The Kier molecular flexibility index (Phi) is 5.33. The molecule has 0 spiro atoms. The molecular weight excluding hydrogens is 264 g/mol. The summed E-state index contributed by atoms with van der Waals surface area (Å²) in [5.74, 6) is 2.11. The lowest BCUT2D eigenvalue weighted by Crippen LogP contribution is -2.02. The number of hydrogen-bond donors (Lipinski definition) is 0. The van der Waals surface area contributed by atoms with Crippen LogP contribution in [0.25, 0.3) is 0 Å². The molecule has 0 amide bonds. The van der Waals surface area contributed by atoms with Crippen LogP contribution in [0.4, 0.5) is 0 Å². The van der Waals surface area contributed by atoms with Crippen LogP contribution in [0.15, 0.2) is 18.2 Å². The predicted molar refractivity (Wildman–Crippen MR) is 73.9 cm³/mol. The van der Waals surface area contributed by atoms with Crippen LogP contribution < -0.4 is 4.74 Å². The molecule has 90 valence electrons. The molecule has 0 saturated carbocycles. The van der Waals surface area contributed by atoms with E-state index in [1.54, 1.807) is 7.11 Å². The molecule has 1 nitrogen and oxygen atoms in total. The second-order valence-corrected chi connectivity index (χ2v) is 5.06. The van der Waals surface area contributed by atoms with E-state index in [4.69, 9.17) is 4.74 Å². The molecule has 0 aliphatic rings. The van der Waals surface area contributed by atoms with Crippen molar-refractivity contribution in [2.24, 2.45) is 0 Å². The summed E-state index contributed by atoms with van der Waals surface area (Å²) in [6, 6.07) is 6.56. The minimum atomic E-state index is 0.503. The van der Waals surface area contributed by atoms with Gasteiger partial charge in [0, 0.05) is 5.33 Å². The summed E-state index contributed by atoms with van der Waals surface area (Å²) in [4.78, 5) is 0. The first-order chi connectivity index (χ1) is 7.63. The average molecular weight is 285 g/mol. The molecule has 1 rings (SSSR count). The van der Waals surface area contributed by atoms with Crippen molar-refractivity contribution >= 4 is 15.9 Å². The molecular formula is C14H21BrO. The maximum atomic E-state index is 5.40. The van der Waals surface area contributed by atoms with E-state index < -0.39 is 0 Å². The minimum Gasteiger partial charge on any atom is -0.496 e. The molecule has 0 aromatic heterocycles. The molecule has 1 aromatic carbocycles. The molecule has 1 unspecified atom stereocenters. The molecule has 0 aliphatic carbocycles. The lowest BCUT2D eigenvalue weighted by molar-refractivity contribution is 0.407. The third-order valence-electron chi connectivity index (χ3n) is 3.03. The van der Waals surface area contributed by atoms with Crippen LogP contribution >= 0.6 is 15.9 Å². The summed E-state index contributed by atoms with van der Waals surface area (Å²) in [6.45, 7) is 6.64. The number of ether oxygens (including phenoxy) is 1. The Morgan fingerprint density at radius 1 is 1.31 bits per heavy atom. The zero-order valence-corrected chi connectivity index (χ0v) is 12.2. The Labute approximate surface area is 107 Å². The van der Waals surface area contributed by atoms with Crippen LogP contribution in [0.2, 0.25) is 0 Å². The fourth-order valence-electron chi connectivity index (χ4n) is 1.89. The van der Waals surface area contributed by atoms with Gasteiger partial charge in [-0.15, -0.1) is 0 Å². The van der Waals surface area contributed by atoms with Crippen molar-refractivity contribution in [2.45, 2.75) is 39.0 Å². The SMILES string of the molecule is CCC(CBr)c1ccc(OC)c(C(C)C)c1. The molecule has 0 bridgehead atoms. The molecule has 0 saturated heterocycles. The Balaban J connectivity index is 3.10. The van der Waals surface area contributed by atoms with Crippen molar-refractivity contribution in [1.82, 2.24) is 0 Å². The third-order valence-corrected chi connectivity index (χ3v) is 3.81. The molecule has 0 aliphatic heterocycles. The molecule has 0 heterocycles. The highest BCUT2D eigenvalue weighted by molar-refractivity contribution is 9.09. The van der Waals surface area contributed by atoms with Gasteiger partial charge in [0.1, 0.15) is 5.75 Å². The van der Waals surface area contributed by atoms with Gasteiger partial charge in [0.15, 0.2) is 0 Å². The Hall–Kier alpha value is -0.500. The van der Waals surface area contributed by atoms with E-state index in [1.807, 2.05) is 0 Å². The molecule has 1 atom stereocenters. The van der Waals surface area contributed by atoms with Crippen molar-refractivity contribution in [2.75, 3.05) is 12.4 Å². The van der Waals surface area contributed by atoms with Crippen LogP contribution in [-0.4, -0.2) is 12.4 Å². The maximum Gasteiger partial charge on any atom is 0.122 e. The van der Waals surface area contributed by atoms with Crippen molar-refractivity contribution in [3.05, 3.63) is 29.3 Å². The molecule has 0 fully saturated rings. The molecule has 2 heteroatoms. The third kappa shape index (κ3) is 3.00. The number of alkyl halides is 1. The van der Waals surface area contributed by atoms with Crippen LogP contribution in [0.5, 0.6) is 5.75 Å². The lowest BCUT2D eigenvalue weighted by Gasteiger charge is -2.17. The second kappa shape index (κ2) is 6.29. The topological polar surface area (TPSA) is 9.23 Å². The first-order valence-electron chi connectivity index (χ1n) is 5.87. The van der Waals surface area contributed by atoms with Gasteiger partial charge in [-0.1, -0.05) is 48.8 Å². The Morgan fingerprint density at radius 3 is 2.44 bits per heavy atom. The maximum absolute atomic E-state index is 5.40. The Morgan fingerprint density at radius 2 is 2.00 bits per heavy atom. The van der Waals surface area contributed by atoms with Gasteiger partial charge in [-0.25, -0.2) is 0 Å². The highest BCUT2D eigenvalue weighted by atomic mass is 79.9. The van der Waals surface area contributed by atoms with Crippen LogP contribution in [0, 0.1) is 0 Å². The summed E-state index contributed by atoms with van der Waals surface area (Å²) in [5.41, 5.74) is 2.71. The number of halogens is 1. The normalized spacial score (nSPS) is 12.9. The van der Waals surface area contributed by atoms with Gasteiger partial charge in [-0.2, -0.15) is 0 Å². The lowest BCUT2D eigenvalue weighted by atomic mass is 9.93. The zero-order valence-electron chi connectivity index (χ0n) is 10.6. The van der Waals surface area contributed by atoms with E-state index in [-0.39, 0.29) is 0 Å².